The van der Waals surface area contributed by atoms with Crippen LogP contribution in [-0.4, -0.2) is 82.5 Å². The van der Waals surface area contributed by atoms with Crippen molar-refractivity contribution in [2.45, 2.75) is 57.8 Å². The zero-order valence-electron chi connectivity index (χ0n) is 28.9. The Bertz CT molecular complexity index is 2040. The topological polar surface area (TPSA) is 148 Å². The summed E-state index contributed by atoms with van der Waals surface area (Å²) in [7, 11) is -2.51. The first-order valence-corrected chi connectivity index (χ1v) is 18.8. The van der Waals surface area contributed by atoms with Gasteiger partial charge in [-0.05, 0) is 64.7 Å². The molecular weight excluding hydrogens is 701 g/mol. The summed E-state index contributed by atoms with van der Waals surface area (Å²) in [6.07, 6.45) is 1.01. The van der Waals surface area contributed by atoms with Gasteiger partial charge in [0.25, 0.3) is 5.91 Å². The van der Waals surface area contributed by atoms with Crippen molar-refractivity contribution in [1.29, 1.82) is 0 Å². The monoisotopic (exact) mass is 742 g/mol. The van der Waals surface area contributed by atoms with E-state index in [1.807, 2.05) is 42.5 Å². The zero-order valence-corrected chi connectivity index (χ0v) is 30.6. The third-order valence-electron chi connectivity index (χ3n) is 9.02. The van der Waals surface area contributed by atoms with Gasteiger partial charge >= 0.3 is 13.3 Å². The number of amides is 4. The largest absolute Gasteiger partial charge is 0.399 e. The average Bonchev–Trinajstić information content (AvgIpc) is 3.73. The molecule has 272 valence electrons. The Morgan fingerprint density at radius 2 is 1.67 bits per heavy atom. The molecule has 0 unspecified atom stereocenters. The normalized spacial score (nSPS) is 15.9. The standard InChI is InChI=1S/C36H41F2N4O7PS/c1-35(2,3)31(39-32(44)29-21-24-19-25(13-15-28(24)51-29)36(37,38)50(47,48)49)34(46)42-17-8-11-27(42)33(45)41(18-16-30(43)40(4)5)26-14-12-22-9-6-7-10-23(22)20-26/h6-7,9-10,12-15,19-21,27,31H,8,11,16-18H2,1-5H3,(H,39,44)(H2,47,48,49)/t27-,31+/m0/s1. The molecule has 0 bridgehead atoms. The van der Waals surface area contributed by atoms with E-state index in [9.17, 15) is 32.5 Å². The third kappa shape index (κ3) is 7.99. The minimum atomic E-state index is -5.79. The van der Waals surface area contributed by atoms with Gasteiger partial charge in [-0.2, -0.15) is 8.78 Å². The van der Waals surface area contributed by atoms with E-state index < -0.39 is 48.1 Å². The van der Waals surface area contributed by atoms with Crippen molar-refractivity contribution in [3.05, 3.63) is 77.2 Å². The zero-order chi connectivity index (χ0) is 37.5. The summed E-state index contributed by atoms with van der Waals surface area (Å²) in [6.45, 7) is 5.70. The van der Waals surface area contributed by atoms with Crippen molar-refractivity contribution in [2.75, 3.05) is 32.1 Å². The van der Waals surface area contributed by atoms with Crippen LogP contribution >= 0.6 is 18.9 Å². The molecular formula is C36H41F2N4O7PS. The van der Waals surface area contributed by atoms with Gasteiger partial charge in [0.1, 0.15) is 12.1 Å². The highest BCUT2D eigenvalue weighted by Crippen LogP contribution is 2.59. The highest BCUT2D eigenvalue weighted by molar-refractivity contribution is 7.52. The number of likely N-dealkylation sites (tertiary alicyclic amines) is 1. The van der Waals surface area contributed by atoms with Gasteiger partial charge in [-0.15, -0.1) is 11.3 Å². The van der Waals surface area contributed by atoms with Crippen LogP contribution in [-0.2, 0) is 24.6 Å². The fraction of sp³-hybridized carbons (Fsp3) is 0.389. The number of anilines is 1. The van der Waals surface area contributed by atoms with Crippen molar-refractivity contribution in [3.8, 4) is 0 Å². The minimum absolute atomic E-state index is 0.0700. The molecule has 1 aliphatic heterocycles. The van der Waals surface area contributed by atoms with Crippen molar-refractivity contribution < 1.29 is 42.3 Å². The van der Waals surface area contributed by atoms with Crippen molar-refractivity contribution in [2.24, 2.45) is 5.41 Å². The SMILES string of the molecule is CN(C)C(=O)CCN(C(=O)[C@@H]1CCCN1C(=O)[C@@H](NC(=O)c1cc2cc(C(F)(F)P(=O)(O)O)ccc2s1)C(C)(C)C)c1ccc2ccccc2c1. The highest BCUT2D eigenvalue weighted by atomic mass is 32.1. The Kier molecular flexibility index (Phi) is 10.7. The summed E-state index contributed by atoms with van der Waals surface area (Å²) < 4.78 is 40.6. The summed E-state index contributed by atoms with van der Waals surface area (Å²) in [5, 5.41) is 4.88. The van der Waals surface area contributed by atoms with E-state index in [1.54, 1.807) is 39.8 Å². The lowest BCUT2D eigenvalue weighted by molar-refractivity contribution is -0.141. The number of halogens is 2. The predicted molar refractivity (Wildman–Crippen MR) is 193 cm³/mol. The number of nitrogens with one attached hydrogen (secondary N) is 1. The highest BCUT2D eigenvalue weighted by Gasteiger charge is 2.50. The van der Waals surface area contributed by atoms with Gasteiger partial charge in [0.05, 0.1) is 4.88 Å². The molecule has 5 rings (SSSR count). The van der Waals surface area contributed by atoms with Crippen LogP contribution in [0.25, 0.3) is 20.9 Å². The van der Waals surface area contributed by atoms with Crippen molar-refractivity contribution >= 4 is 69.1 Å². The number of hydrogen-bond acceptors (Lipinski definition) is 6. The Balaban J connectivity index is 1.40. The summed E-state index contributed by atoms with van der Waals surface area (Å²) in [5.41, 5.74) is -5.51. The summed E-state index contributed by atoms with van der Waals surface area (Å²) in [5.74, 6) is -1.60. The third-order valence-corrected chi connectivity index (χ3v) is 11.1. The fourth-order valence-electron chi connectivity index (χ4n) is 6.14. The van der Waals surface area contributed by atoms with Crippen LogP contribution in [0.1, 0.15) is 55.3 Å². The first kappa shape index (κ1) is 38.0. The number of thiophene rings is 1. The van der Waals surface area contributed by atoms with Crippen LogP contribution in [0, 0.1) is 5.41 Å². The van der Waals surface area contributed by atoms with Crippen LogP contribution in [0.15, 0.2) is 66.7 Å². The molecule has 1 aromatic heterocycles. The Hall–Kier alpha value is -4.23. The molecule has 0 saturated carbocycles. The number of carbonyl (C=O) groups is 4. The number of hydrogen-bond donors (Lipinski definition) is 3. The smallest absolute Gasteiger partial charge is 0.349 e. The average molecular weight is 743 g/mol. The lowest BCUT2D eigenvalue weighted by Crippen LogP contribution is -2.58. The summed E-state index contributed by atoms with van der Waals surface area (Å²) in [6, 6.07) is 15.8. The van der Waals surface area contributed by atoms with Gasteiger partial charge in [0, 0.05) is 49.6 Å². The van der Waals surface area contributed by atoms with Crippen molar-refractivity contribution in [3.63, 3.8) is 0 Å². The first-order chi connectivity index (χ1) is 23.8. The Morgan fingerprint density at radius 3 is 2.31 bits per heavy atom. The van der Waals surface area contributed by atoms with Crippen LogP contribution in [0.5, 0.6) is 0 Å². The molecule has 0 spiro atoms. The molecule has 1 aliphatic rings. The predicted octanol–water partition coefficient (Wildman–Crippen LogP) is 5.93. The van der Waals surface area contributed by atoms with E-state index in [1.165, 1.54) is 21.9 Å². The number of benzene rings is 3. The fourth-order valence-corrected chi connectivity index (χ4v) is 7.56. The molecule has 4 aromatic rings. The second-order valence-electron chi connectivity index (χ2n) is 14.0. The lowest BCUT2D eigenvalue weighted by atomic mass is 9.85. The molecule has 15 heteroatoms. The van der Waals surface area contributed by atoms with Crippen LogP contribution in [0.2, 0.25) is 0 Å². The molecule has 3 N–H and O–H groups in total. The van der Waals surface area contributed by atoms with Crippen LogP contribution < -0.4 is 10.2 Å². The van der Waals surface area contributed by atoms with Gasteiger partial charge < -0.3 is 29.8 Å². The maximum absolute atomic E-state index is 14.4. The van der Waals surface area contributed by atoms with E-state index in [-0.39, 0.29) is 41.6 Å². The molecule has 2 heterocycles. The van der Waals surface area contributed by atoms with E-state index in [4.69, 9.17) is 9.79 Å². The second-order valence-corrected chi connectivity index (χ2v) is 16.7. The van der Waals surface area contributed by atoms with E-state index >= 15 is 0 Å². The molecule has 0 radical (unpaired) electrons. The Morgan fingerprint density at radius 1 is 0.980 bits per heavy atom. The number of nitrogens with zero attached hydrogens (tertiary/aromatic N) is 3. The van der Waals surface area contributed by atoms with Gasteiger partial charge in [0.15, 0.2) is 0 Å². The molecule has 1 saturated heterocycles. The van der Waals surface area contributed by atoms with E-state index in [0.717, 1.165) is 34.2 Å². The van der Waals surface area contributed by atoms with Gasteiger partial charge in [-0.25, -0.2) is 0 Å². The summed E-state index contributed by atoms with van der Waals surface area (Å²) in [4.78, 5) is 77.8. The van der Waals surface area contributed by atoms with Crippen LogP contribution in [0.4, 0.5) is 14.5 Å². The van der Waals surface area contributed by atoms with Crippen molar-refractivity contribution in [1.82, 2.24) is 15.1 Å². The van der Waals surface area contributed by atoms with Gasteiger partial charge in [-0.1, -0.05) is 57.2 Å². The maximum atomic E-state index is 14.4. The van der Waals surface area contributed by atoms with E-state index in [0.29, 0.717) is 23.2 Å². The molecule has 1 fully saturated rings. The first-order valence-electron chi connectivity index (χ1n) is 16.4. The number of alkyl halides is 2. The van der Waals surface area contributed by atoms with E-state index in [2.05, 4.69) is 5.32 Å². The molecule has 51 heavy (non-hydrogen) atoms. The number of rotatable bonds is 10. The molecule has 4 amide bonds. The number of fused-ring (bicyclic) bond motifs is 2. The Labute approximate surface area is 298 Å². The summed E-state index contributed by atoms with van der Waals surface area (Å²) >= 11 is 0.979. The molecule has 2 atom stereocenters. The molecule has 11 nitrogen and oxygen atoms in total. The second kappa shape index (κ2) is 14.4. The minimum Gasteiger partial charge on any atom is -0.349 e. The quantitative estimate of drug-likeness (QED) is 0.171. The molecule has 3 aromatic carbocycles. The molecule has 0 aliphatic carbocycles. The van der Waals surface area contributed by atoms with Gasteiger partial charge in [-0.3, -0.25) is 23.7 Å². The van der Waals surface area contributed by atoms with Crippen LogP contribution in [0.3, 0.4) is 0 Å². The number of carbonyl (C=O) groups excluding carboxylic acids is 4. The maximum Gasteiger partial charge on any atom is 0.399 e. The lowest BCUT2D eigenvalue weighted by Gasteiger charge is -2.36. The van der Waals surface area contributed by atoms with Gasteiger partial charge in [0.2, 0.25) is 17.7 Å².